The molecule has 1 aliphatic rings. The number of rotatable bonds is 9. The number of aromatic amines is 1. The molecule has 2 aromatic heterocycles. The van der Waals surface area contributed by atoms with Gasteiger partial charge in [-0.1, -0.05) is 6.07 Å². The third-order valence-electron chi connectivity index (χ3n) is 4.71. The molecule has 0 amide bonds. The Hall–Kier alpha value is -2.44. The van der Waals surface area contributed by atoms with Gasteiger partial charge in [0.15, 0.2) is 0 Å². The SMILES string of the molecule is Cc1cc(CCC(=O)O)[nH]c1C=C1N=C(c2cccs2)C=C1CCCN(C)C. The first-order valence-corrected chi connectivity index (χ1v) is 10.4. The highest BCUT2D eigenvalue weighted by Gasteiger charge is 2.17. The normalized spacial score (nSPS) is 15.4. The highest BCUT2D eigenvalue weighted by molar-refractivity contribution is 7.12. The minimum atomic E-state index is -0.778. The van der Waals surface area contributed by atoms with Crippen LogP contribution in [0, 0.1) is 6.92 Å². The van der Waals surface area contributed by atoms with Gasteiger partial charge in [0.05, 0.1) is 22.7 Å². The topological polar surface area (TPSA) is 68.7 Å². The number of H-pyrrole nitrogens is 1. The maximum absolute atomic E-state index is 10.8. The quantitative estimate of drug-likeness (QED) is 0.654. The maximum atomic E-state index is 10.8. The van der Waals surface area contributed by atoms with Gasteiger partial charge in [0.25, 0.3) is 0 Å². The summed E-state index contributed by atoms with van der Waals surface area (Å²) in [6, 6.07) is 6.18. The average Bonchev–Trinajstić information content (AvgIpc) is 3.34. The Morgan fingerprint density at radius 1 is 1.36 bits per heavy atom. The first-order valence-electron chi connectivity index (χ1n) is 9.52. The third-order valence-corrected chi connectivity index (χ3v) is 5.60. The Morgan fingerprint density at radius 2 is 2.18 bits per heavy atom. The number of carboxylic acid groups (broad SMARTS) is 1. The summed E-state index contributed by atoms with van der Waals surface area (Å²) < 4.78 is 0. The van der Waals surface area contributed by atoms with Crippen LogP contribution < -0.4 is 0 Å². The lowest BCUT2D eigenvalue weighted by Crippen LogP contribution is -2.12. The van der Waals surface area contributed by atoms with E-state index >= 15 is 0 Å². The zero-order chi connectivity index (χ0) is 20.1. The molecule has 0 saturated carbocycles. The van der Waals surface area contributed by atoms with Gasteiger partial charge in [-0.2, -0.15) is 0 Å². The van der Waals surface area contributed by atoms with E-state index in [-0.39, 0.29) is 6.42 Å². The number of aliphatic imine (C=N–C) groups is 1. The van der Waals surface area contributed by atoms with E-state index in [1.165, 1.54) is 10.5 Å². The fourth-order valence-electron chi connectivity index (χ4n) is 3.24. The van der Waals surface area contributed by atoms with Crippen LogP contribution >= 0.6 is 11.3 Å². The lowest BCUT2D eigenvalue weighted by Gasteiger charge is -2.09. The van der Waals surface area contributed by atoms with Crippen molar-refractivity contribution in [3.05, 3.63) is 62.8 Å². The van der Waals surface area contributed by atoms with Crippen LogP contribution in [-0.4, -0.2) is 47.3 Å². The minimum absolute atomic E-state index is 0.131. The van der Waals surface area contributed by atoms with Crippen molar-refractivity contribution >= 4 is 29.1 Å². The zero-order valence-corrected chi connectivity index (χ0v) is 17.5. The van der Waals surface area contributed by atoms with E-state index in [9.17, 15) is 4.79 Å². The summed E-state index contributed by atoms with van der Waals surface area (Å²) in [4.78, 5) is 22.5. The molecule has 2 aromatic rings. The lowest BCUT2D eigenvalue weighted by molar-refractivity contribution is -0.136. The van der Waals surface area contributed by atoms with Crippen LogP contribution in [0.25, 0.3) is 6.08 Å². The molecule has 6 heteroatoms. The molecule has 0 fully saturated rings. The Balaban J connectivity index is 1.84. The van der Waals surface area contributed by atoms with Gasteiger partial charge in [-0.15, -0.1) is 11.3 Å². The van der Waals surface area contributed by atoms with E-state index in [0.29, 0.717) is 6.42 Å². The predicted octanol–water partition coefficient (Wildman–Crippen LogP) is 4.51. The molecule has 3 rings (SSSR count). The maximum Gasteiger partial charge on any atom is 0.303 e. The monoisotopic (exact) mass is 397 g/mol. The molecule has 0 saturated heterocycles. The smallest absolute Gasteiger partial charge is 0.303 e. The number of hydrogen-bond donors (Lipinski definition) is 2. The summed E-state index contributed by atoms with van der Waals surface area (Å²) in [6.07, 6.45) is 7.00. The predicted molar refractivity (Wildman–Crippen MR) is 116 cm³/mol. The first-order chi connectivity index (χ1) is 13.4. The van der Waals surface area contributed by atoms with Crippen molar-refractivity contribution in [2.24, 2.45) is 4.99 Å². The Labute approximate surface area is 170 Å². The fourth-order valence-corrected chi connectivity index (χ4v) is 3.93. The molecule has 0 atom stereocenters. The van der Waals surface area contributed by atoms with Crippen molar-refractivity contribution in [2.45, 2.75) is 32.6 Å². The molecule has 0 unspecified atom stereocenters. The number of nitrogens with one attached hydrogen (secondary N) is 1. The first kappa shape index (κ1) is 20.3. The standard InChI is InChI=1S/C22H27N3O2S/c1-15-12-17(8-9-22(26)27)23-18(15)14-19-16(6-4-10-25(2)3)13-20(24-19)21-7-5-11-28-21/h5,7,11-14,23H,4,6,8-10H2,1-3H3,(H,26,27). The van der Waals surface area contributed by atoms with E-state index in [1.54, 1.807) is 11.3 Å². The van der Waals surface area contributed by atoms with Crippen LogP contribution in [0.15, 0.2) is 45.9 Å². The molecular weight excluding hydrogens is 370 g/mol. The van der Waals surface area contributed by atoms with Crippen molar-refractivity contribution < 1.29 is 9.90 Å². The number of thiophene rings is 1. The fraction of sp³-hybridized carbons (Fsp3) is 0.364. The van der Waals surface area contributed by atoms with Crippen molar-refractivity contribution in [2.75, 3.05) is 20.6 Å². The second-order valence-electron chi connectivity index (χ2n) is 7.37. The number of nitrogens with zero attached hydrogens (tertiary/aromatic N) is 2. The average molecular weight is 398 g/mol. The number of hydrogen-bond acceptors (Lipinski definition) is 4. The van der Waals surface area contributed by atoms with Gasteiger partial charge in [0.2, 0.25) is 0 Å². The molecule has 1 aliphatic heterocycles. The van der Waals surface area contributed by atoms with Crippen LogP contribution in [0.5, 0.6) is 0 Å². The Kier molecular flexibility index (Phi) is 6.65. The van der Waals surface area contributed by atoms with Crippen LogP contribution in [-0.2, 0) is 11.2 Å². The van der Waals surface area contributed by atoms with E-state index < -0.39 is 5.97 Å². The molecule has 0 aliphatic carbocycles. The van der Waals surface area contributed by atoms with Crippen molar-refractivity contribution in [3.8, 4) is 0 Å². The Morgan fingerprint density at radius 3 is 2.86 bits per heavy atom. The van der Waals surface area contributed by atoms with Gasteiger partial charge < -0.3 is 15.0 Å². The number of carboxylic acids is 1. The van der Waals surface area contributed by atoms with E-state index in [2.05, 4.69) is 47.6 Å². The number of aromatic nitrogens is 1. The number of carbonyl (C=O) groups is 1. The number of aliphatic carboxylic acids is 1. The molecule has 0 spiro atoms. The largest absolute Gasteiger partial charge is 0.481 e. The van der Waals surface area contributed by atoms with E-state index in [1.807, 2.05) is 19.1 Å². The molecule has 148 valence electrons. The van der Waals surface area contributed by atoms with Crippen LogP contribution in [0.2, 0.25) is 0 Å². The zero-order valence-electron chi connectivity index (χ0n) is 16.7. The van der Waals surface area contributed by atoms with Gasteiger partial charge >= 0.3 is 5.97 Å². The molecule has 2 N–H and O–H groups in total. The van der Waals surface area contributed by atoms with E-state index in [4.69, 9.17) is 10.1 Å². The molecule has 0 aromatic carbocycles. The molecular formula is C22H27N3O2S. The number of aryl methyl sites for hydroxylation is 2. The molecule has 3 heterocycles. The second-order valence-corrected chi connectivity index (χ2v) is 8.31. The highest BCUT2D eigenvalue weighted by atomic mass is 32.1. The van der Waals surface area contributed by atoms with Crippen LogP contribution in [0.1, 0.15) is 41.1 Å². The highest BCUT2D eigenvalue weighted by Crippen LogP contribution is 2.29. The van der Waals surface area contributed by atoms with Crippen molar-refractivity contribution in [1.29, 1.82) is 0 Å². The molecule has 5 nitrogen and oxygen atoms in total. The van der Waals surface area contributed by atoms with Crippen LogP contribution in [0.4, 0.5) is 0 Å². The van der Waals surface area contributed by atoms with Gasteiger partial charge in [0, 0.05) is 11.4 Å². The summed E-state index contributed by atoms with van der Waals surface area (Å²) in [5.74, 6) is -0.778. The molecule has 28 heavy (non-hydrogen) atoms. The minimum Gasteiger partial charge on any atom is -0.481 e. The van der Waals surface area contributed by atoms with Crippen molar-refractivity contribution in [3.63, 3.8) is 0 Å². The van der Waals surface area contributed by atoms with E-state index in [0.717, 1.165) is 47.7 Å². The summed E-state index contributed by atoms with van der Waals surface area (Å²) >= 11 is 1.70. The van der Waals surface area contributed by atoms with Gasteiger partial charge in [-0.05, 0) is 87.6 Å². The van der Waals surface area contributed by atoms with Gasteiger partial charge in [0.1, 0.15) is 0 Å². The summed E-state index contributed by atoms with van der Waals surface area (Å²) in [7, 11) is 4.18. The van der Waals surface area contributed by atoms with Crippen LogP contribution in [0.3, 0.4) is 0 Å². The molecule has 0 bridgehead atoms. The lowest BCUT2D eigenvalue weighted by atomic mass is 10.1. The molecule has 0 radical (unpaired) electrons. The van der Waals surface area contributed by atoms with Crippen molar-refractivity contribution in [1.82, 2.24) is 9.88 Å². The van der Waals surface area contributed by atoms with Gasteiger partial charge in [-0.25, -0.2) is 4.99 Å². The summed E-state index contributed by atoms with van der Waals surface area (Å²) in [6.45, 7) is 3.08. The Bertz CT molecular complexity index is 918. The number of allylic oxidation sites excluding steroid dienone is 2. The second kappa shape index (κ2) is 9.17. The van der Waals surface area contributed by atoms with Gasteiger partial charge in [-0.3, -0.25) is 4.79 Å². The third kappa shape index (κ3) is 5.30. The summed E-state index contributed by atoms with van der Waals surface area (Å²) in [5.41, 5.74) is 6.34. The summed E-state index contributed by atoms with van der Waals surface area (Å²) in [5, 5.41) is 11.0.